The molecule has 0 unspecified atom stereocenters. The lowest BCUT2D eigenvalue weighted by Gasteiger charge is -2.11. The molecule has 0 saturated carbocycles. The third-order valence-electron chi connectivity index (χ3n) is 3.38. The molecule has 9 heteroatoms. The zero-order chi connectivity index (χ0) is 19.1. The van der Waals surface area contributed by atoms with Crippen molar-refractivity contribution in [2.75, 3.05) is 11.9 Å². The minimum absolute atomic E-state index is 0.0528. The lowest BCUT2D eigenvalue weighted by Crippen LogP contribution is -2.35. The molecule has 26 heavy (non-hydrogen) atoms. The predicted molar refractivity (Wildman–Crippen MR) is 93.6 cm³/mol. The van der Waals surface area contributed by atoms with Crippen LogP contribution in [0.15, 0.2) is 52.7 Å². The number of carbonyl (C=O) groups excluding carboxylic acids is 2. The number of aromatic nitrogens is 2. The van der Waals surface area contributed by atoms with Crippen LogP contribution in [0.2, 0.25) is 0 Å². The molecule has 2 aromatic rings. The molecule has 9 nitrogen and oxygen atoms in total. The summed E-state index contributed by atoms with van der Waals surface area (Å²) in [7, 11) is 0. The van der Waals surface area contributed by atoms with Crippen LogP contribution in [0.1, 0.15) is 15.9 Å². The summed E-state index contributed by atoms with van der Waals surface area (Å²) in [6.45, 7) is 3.47. The molecule has 132 valence electrons. The molecule has 2 amide bonds. The summed E-state index contributed by atoms with van der Waals surface area (Å²) in [5.74, 6) is -0.906. The highest BCUT2D eigenvalue weighted by Crippen LogP contribution is 2.14. The van der Waals surface area contributed by atoms with Crippen molar-refractivity contribution >= 4 is 17.5 Å². The maximum atomic E-state index is 12.3. The van der Waals surface area contributed by atoms with Gasteiger partial charge in [-0.25, -0.2) is 4.79 Å². The van der Waals surface area contributed by atoms with Crippen LogP contribution in [-0.4, -0.2) is 27.9 Å². The van der Waals surface area contributed by atoms with Gasteiger partial charge in [0.05, 0.1) is 11.3 Å². The van der Waals surface area contributed by atoms with E-state index in [2.05, 4.69) is 17.2 Å². The molecule has 0 aliphatic heterocycles. The van der Waals surface area contributed by atoms with Crippen molar-refractivity contribution in [1.82, 2.24) is 14.9 Å². The van der Waals surface area contributed by atoms with Gasteiger partial charge in [-0.15, -0.1) is 0 Å². The van der Waals surface area contributed by atoms with Crippen LogP contribution in [0.3, 0.4) is 0 Å². The van der Waals surface area contributed by atoms with Crippen LogP contribution in [0.25, 0.3) is 0 Å². The van der Waals surface area contributed by atoms with Crippen molar-refractivity contribution < 1.29 is 9.59 Å². The fourth-order valence-corrected chi connectivity index (χ4v) is 2.11. The Morgan fingerprint density at radius 1 is 1.31 bits per heavy atom. The van der Waals surface area contributed by atoms with E-state index in [1.165, 1.54) is 6.07 Å². The Kier molecular flexibility index (Phi) is 5.84. The molecule has 0 aliphatic carbocycles. The third kappa shape index (κ3) is 4.33. The molecule has 0 saturated heterocycles. The van der Waals surface area contributed by atoms with E-state index >= 15 is 0 Å². The number of nitrogens with zero attached hydrogens (tertiary/aromatic N) is 2. The topological polar surface area (TPSA) is 137 Å². The largest absolute Gasteiger partial charge is 0.350 e. The van der Waals surface area contributed by atoms with Crippen LogP contribution in [-0.2, 0) is 11.3 Å². The number of benzene rings is 1. The molecular formula is C17H15N5O4. The van der Waals surface area contributed by atoms with E-state index in [1.54, 1.807) is 24.3 Å². The smallest absolute Gasteiger partial charge is 0.328 e. The maximum absolute atomic E-state index is 12.3. The minimum Gasteiger partial charge on any atom is -0.350 e. The summed E-state index contributed by atoms with van der Waals surface area (Å²) in [6.07, 6.45) is 2.22. The molecule has 0 bridgehead atoms. The lowest BCUT2D eigenvalue weighted by atomic mass is 10.1. The SMILES string of the molecule is C=CC(=O)Nc1ccccc1C(=O)NCCn1cc(C#N)c(=O)[nH]c1=O. The summed E-state index contributed by atoms with van der Waals surface area (Å²) in [6, 6.07) is 8.10. The number of hydrogen-bond donors (Lipinski definition) is 3. The van der Waals surface area contributed by atoms with Crippen molar-refractivity contribution in [3.05, 3.63) is 75.1 Å². The number of rotatable bonds is 6. The van der Waals surface area contributed by atoms with Crippen LogP contribution in [0.4, 0.5) is 5.69 Å². The standard InChI is InChI=1S/C17H15N5O4/c1-2-14(23)20-13-6-4-3-5-12(13)16(25)19-7-8-22-10-11(9-18)15(24)21-17(22)26/h2-6,10H,1,7-8H2,(H,19,25)(H,20,23)(H,21,24,26). The van der Waals surface area contributed by atoms with E-state index in [1.807, 2.05) is 4.98 Å². The van der Waals surface area contributed by atoms with Gasteiger partial charge >= 0.3 is 5.69 Å². The maximum Gasteiger partial charge on any atom is 0.328 e. The van der Waals surface area contributed by atoms with Crippen LogP contribution in [0, 0.1) is 11.3 Å². The quantitative estimate of drug-likeness (QED) is 0.626. The van der Waals surface area contributed by atoms with Crippen molar-refractivity contribution in [2.24, 2.45) is 0 Å². The molecule has 0 spiro atoms. The fraction of sp³-hybridized carbons (Fsp3) is 0.118. The van der Waals surface area contributed by atoms with E-state index in [4.69, 9.17) is 5.26 Å². The number of hydrogen-bond acceptors (Lipinski definition) is 5. The zero-order valence-corrected chi connectivity index (χ0v) is 13.6. The Labute approximate surface area is 147 Å². The second-order valence-electron chi connectivity index (χ2n) is 5.10. The van der Waals surface area contributed by atoms with Gasteiger partial charge < -0.3 is 10.6 Å². The molecule has 2 rings (SSSR count). The first-order valence-electron chi connectivity index (χ1n) is 7.50. The van der Waals surface area contributed by atoms with Crippen molar-refractivity contribution in [2.45, 2.75) is 6.54 Å². The third-order valence-corrected chi connectivity index (χ3v) is 3.38. The van der Waals surface area contributed by atoms with E-state index in [0.29, 0.717) is 5.69 Å². The van der Waals surface area contributed by atoms with E-state index in [0.717, 1.165) is 16.8 Å². The van der Waals surface area contributed by atoms with Gasteiger partial charge in [-0.3, -0.25) is 23.9 Å². The zero-order valence-electron chi connectivity index (χ0n) is 13.6. The monoisotopic (exact) mass is 353 g/mol. The Morgan fingerprint density at radius 3 is 2.73 bits per heavy atom. The first-order valence-corrected chi connectivity index (χ1v) is 7.50. The number of H-pyrrole nitrogens is 1. The summed E-state index contributed by atoms with van der Waals surface area (Å²) < 4.78 is 1.12. The summed E-state index contributed by atoms with van der Waals surface area (Å²) in [5, 5.41) is 14.0. The minimum atomic E-state index is -0.760. The van der Waals surface area contributed by atoms with Crippen molar-refractivity contribution in [1.29, 1.82) is 5.26 Å². The lowest BCUT2D eigenvalue weighted by molar-refractivity contribution is -0.111. The number of anilines is 1. The van der Waals surface area contributed by atoms with Gasteiger partial charge in [0.15, 0.2) is 0 Å². The van der Waals surface area contributed by atoms with Crippen LogP contribution in [0.5, 0.6) is 0 Å². The highest BCUT2D eigenvalue weighted by atomic mass is 16.2. The Morgan fingerprint density at radius 2 is 2.04 bits per heavy atom. The van der Waals surface area contributed by atoms with E-state index in [-0.39, 0.29) is 24.2 Å². The Balaban J connectivity index is 2.08. The molecule has 0 radical (unpaired) electrons. The van der Waals surface area contributed by atoms with E-state index < -0.39 is 23.1 Å². The second kappa shape index (κ2) is 8.25. The molecule has 1 heterocycles. The molecule has 1 aromatic carbocycles. The average Bonchev–Trinajstić information content (AvgIpc) is 2.63. The van der Waals surface area contributed by atoms with Gasteiger partial charge in [-0.05, 0) is 18.2 Å². The second-order valence-corrected chi connectivity index (χ2v) is 5.10. The average molecular weight is 353 g/mol. The highest BCUT2D eigenvalue weighted by Gasteiger charge is 2.12. The van der Waals surface area contributed by atoms with Gasteiger partial charge in [-0.1, -0.05) is 18.7 Å². The molecule has 0 aliphatic rings. The number of aromatic amines is 1. The number of para-hydroxylation sites is 1. The van der Waals surface area contributed by atoms with Crippen molar-refractivity contribution in [3.63, 3.8) is 0 Å². The number of nitrogens with one attached hydrogen (secondary N) is 3. The number of carbonyl (C=O) groups is 2. The molecule has 0 atom stereocenters. The van der Waals surface area contributed by atoms with Gasteiger partial charge in [-0.2, -0.15) is 5.26 Å². The van der Waals surface area contributed by atoms with Crippen LogP contribution < -0.4 is 21.9 Å². The van der Waals surface area contributed by atoms with Gasteiger partial charge in [0, 0.05) is 19.3 Å². The summed E-state index contributed by atoms with van der Waals surface area (Å²) >= 11 is 0. The predicted octanol–water partition coefficient (Wildman–Crippen LogP) is -0.0372. The number of amides is 2. The first kappa shape index (κ1) is 18.4. The normalized spacial score (nSPS) is 9.81. The molecular weight excluding hydrogens is 338 g/mol. The highest BCUT2D eigenvalue weighted by molar-refractivity contribution is 6.06. The molecule has 1 aromatic heterocycles. The van der Waals surface area contributed by atoms with Crippen LogP contribution >= 0.6 is 0 Å². The molecule has 3 N–H and O–H groups in total. The first-order chi connectivity index (χ1) is 12.5. The summed E-state index contributed by atoms with van der Waals surface area (Å²) in [4.78, 5) is 48.8. The van der Waals surface area contributed by atoms with Gasteiger partial charge in [0.2, 0.25) is 5.91 Å². The fourth-order valence-electron chi connectivity index (χ4n) is 2.11. The Hall–Kier alpha value is -3.93. The molecule has 0 fully saturated rings. The van der Waals surface area contributed by atoms with Gasteiger partial charge in [0.1, 0.15) is 11.6 Å². The van der Waals surface area contributed by atoms with Gasteiger partial charge in [0.25, 0.3) is 11.5 Å². The number of nitriles is 1. The Bertz CT molecular complexity index is 1010. The summed E-state index contributed by atoms with van der Waals surface area (Å²) in [5.41, 5.74) is -1.07. The van der Waals surface area contributed by atoms with E-state index in [9.17, 15) is 19.2 Å². The van der Waals surface area contributed by atoms with Crippen molar-refractivity contribution in [3.8, 4) is 6.07 Å².